The van der Waals surface area contributed by atoms with Gasteiger partial charge in [0.2, 0.25) is 0 Å². The van der Waals surface area contributed by atoms with Crippen LogP contribution in [0.5, 0.6) is 5.75 Å². The molecule has 160 valence electrons. The second kappa shape index (κ2) is 10.4. The van der Waals surface area contributed by atoms with E-state index in [1.54, 1.807) is 13.1 Å². The molecule has 0 saturated heterocycles. The molecule has 2 heterocycles. The number of aromatic nitrogens is 2. The number of thiophene rings is 1. The maximum Gasteiger partial charge on any atom is 0.269 e. The Kier molecular flexibility index (Phi) is 7.39. The number of carbonyl (C=O) groups excluding carboxylic acids is 2. The number of carbonyl (C=O) groups is 2. The fourth-order valence-electron chi connectivity index (χ4n) is 2.70. The number of Topliss-reactive ketones (excluding diaryl/α,β-unsaturated/α-hetero) is 1. The summed E-state index contributed by atoms with van der Waals surface area (Å²) < 4.78 is 5.54. The standard InChI is InChI=1S/C21H20N4O5S/c1-24(9-3-10-30-17-7-5-16(6-8-17)25(28)29)21(27)15-13-22-20(23-14-15)12-18(26)19-4-2-11-31-19/h2,4-8,11,13-14H,3,9-10,12H2,1H3. The molecule has 0 aliphatic rings. The van der Waals surface area contributed by atoms with E-state index in [0.29, 0.717) is 41.6 Å². The van der Waals surface area contributed by atoms with Crippen LogP contribution in [0.1, 0.15) is 32.3 Å². The number of ketones is 1. The van der Waals surface area contributed by atoms with E-state index in [2.05, 4.69) is 9.97 Å². The summed E-state index contributed by atoms with van der Waals surface area (Å²) >= 11 is 1.37. The smallest absolute Gasteiger partial charge is 0.269 e. The van der Waals surface area contributed by atoms with Gasteiger partial charge in [0.05, 0.1) is 28.4 Å². The fraction of sp³-hybridized carbons (Fsp3) is 0.238. The van der Waals surface area contributed by atoms with E-state index in [1.807, 2.05) is 11.4 Å². The topological polar surface area (TPSA) is 116 Å². The SMILES string of the molecule is CN(CCCOc1ccc([N+](=O)[O-])cc1)C(=O)c1cnc(CC(=O)c2cccs2)nc1. The first-order valence-electron chi connectivity index (χ1n) is 9.44. The summed E-state index contributed by atoms with van der Waals surface area (Å²) in [6.07, 6.45) is 3.52. The first kappa shape index (κ1) is 22.0. The van der Waals surface area contributed by atoms with Crippen LogP contribution in [0, 0.1) is 10.1 Å². The van der Waals surface area contributed by atoms with Crippen LogP contribution in [-0.2, 0) is 6.42 Å². The molecule has 0 atom stereocenters. The minimum absolute atomic E-state index is 0.00167. The second-order valence-electron chi connectivity index (χ2n) is 6.64. The molecule has 0 saturated carbocycles. The Morgan fingerprint density at radius 3 is 2.48 bits per heavy atom. The Balaban J connectivity index is 1.44. The van der Waals surface area contributed by atoms with E-state index in [-0.39, 0.29) is 23.8 Å². The van der Waals surface area contributed by atoms with Crippen LogP contribution in [0.4, 0.5) is 5.69 Å². The van der Waals surface area contributed by atoms with Gasteiger partial charge in [0.25, 0.3) is 11.6 Å². The van der Waals surface area contributed by atoms with Crippen LogP contribution in [0.25, 0.3) is 0 Å². The maximum atomic E-state index is 12.5. The summed E-state index contributed by atoms with van der Waals surface area (Å²) in [6.45, 7) is 0.806. The van der Waals surface area contributed by atoms with Gasteiger partial charge in [0, 0.05) is 38.1 Å². The van der Waals surface area contributed by atoms with Gasteiger partial charge in [0.1, 0.15) is 11.6 Å². The van der Waals surface area contributed by atoms with Crippen molar-refractivity contribution in [1.29, 1.82) is 0 Å². The van der Waals surface area contributed by atoms with Crippen molar-refractivity contribution in [2.24, 2.45) is 0 Å². The van der Waals surface area contributed by atoms with Crippen molar-refractivity contribution in [3.8, 4) is 5.75 Å². The van der Waals surface area contributed by atoms with E-state index in [9.17, 15) is 19.7 Å². The van der Waals surface area contributed by atoms with E-state index in [4.69, 9.17) is 4.74 Å². The predicted molar refractivity (Wildman–Crippen MR) is 115 cm³/mol. The molecule has 0 bridgehead atoms. The third-order valence-electron chi connectivity index (χ3n) is 4.37. The molecule has 0 N–H and O–H groups in total. The first-order chi connectivity index (χ1) is 14.9. The van der Waals surface area contributed by atoms with Gasteiger partial charge in [-0.05, 0) is 30.0 Å². The molecule has 0 aliphatic carbocycles. The van der Waals surface area contributed by atoms with Gasteiger partial charge in [-0.1, -0.05) is 6.07 Å². The van der Waals surface area contributed by atoms with E-state index in [0.717, 1.165) is 0 Å². The first-order valence-corrected chi connectivity index (χ1v) is 10.3. The Morgan fingerprint density at radius 2 is 1.87 bits per heavy atom. The number of benzene rings is 1. The van der Waals surface area contributed by atoms with Crippen molar-refractivity contribution in [3.63, 3.8) is 0 Å². The summed E-state index contributed by atoms with van der Waals surface area (Å²) in [5, 5.41) is 12.5. The van der Waals surface area contributed by atoms with Crippen LogP contribution >= 0.6 is 11.3 Å². The largest absolute Gasteiger partial charge is 0.494 e. The third-order valence-corrected chi connectivity index (χ3v) is 5.28. The summed E-state index contributed by atoms with van der Waals surface area (Å²) in [7, 11) is 1.67. The van der Waals surface area contributed by atoms with Gasteiger partial charge in [-0.2, -0.15) is 0 Å². The van der Waals surface area contributed by atoms with Crippen molar-refractivity contribution < 1.29 is 19.2 Å². The van der Waals surface area contributed by atoms with E-state index in [1.165, 1.54) is 52.9 Å². The molecule has 0 radical (unpaired) electrons. The van der Waals surface area contributed by atoms with Crippen molar-refractivity contribution in [2.75, 3.05) is 20.2 Å². The molecule has 0 aliphatic heterocycles. The van der Waals surface area contributed by atoms with Crippen molar-refractivity contribution >= 4 is 28.7 Å². The lowest BCUT2D eigenvalue weighted by Crippen LogP contribution is -2.29. The molecular formula is C21H20N4O5S. The summed E-state index contributed by atoms with van der Waals surface area (Å²) in [5.74, 6) is 0.612. The molecular weight excluding hydrogens is 420 g/mol. The number of ether oxygens (including phenoxy) is 1. The lowest BCUT2D eigenvalue weighted by Gasteiger charge is -2.17. The Hall–Kier alpha value is -3.66. The molecule has 1 amide bonds. The number of amides is 1. The third kappa shape index (κ3) is 6.16. The zero-order valence-corrected chi connectivity index (χ0v) is 17.6. The highest BCUT2D eigenvalue weighted by Gasteiger charge is 2.14. The van der Waals surface area contributed by atoms with Crippen LogP contribution in [0.15, 0.2) is 54.2 Å². The van der Waals surface area contributed by atoms with Gasteiger partial charge in [-0.25, -0.2) is 9.97 Å². The number of hydrogen-bond donors (Lipinski definition) is 0. The Bertz CT molecular complexity index is 1040. The van der Waals surface area contributed by atoms with Crippen LogP contribution in [-0.4, -0.2) is 51.7 Å². The monoisotopic (exact) mass is 440 g/mol. The molecule has 10 heteroatoms. The number of nitro benzene ring substituents is 1. The number of nitrogens with zero attached hydrogens (tertiary/aromatic N) is 4. The minimum atomic E-state index is -0.470. The van der Waals surface area contributed by atoms with E-state index < -0.39 is 4.92 Å². The van der Waals surface area contributed by atoms with Crippen molar-refractivity contribution in [3.05, 3.63) is 80.6 Å². The molecule has 1 aromatic carbocycles. The highest BCUT2D eigenvalue weighted by atomic mass is 32.1. The highest BCUT2D eigenvalue weighted by molar-refractivity contribution is 7.12. The second-order valence-corrected chi connectivity index (χ2v) is 7.59. The van der Waals surface area contributed by atoms with Gasteiger partial charge < -0.3 is 9.64 Å². The van der Waals surface area contributed by atoms with Crippen LogP contribution in [0.2, 0.25) is 0 Å². The zero-order chi connectivity index (χ0) is 22.2. The number of hydrogen-bond acceptors (Lipinski definition) is 8. The molecule has 0 spiro atoms. The summed E-state index contributed by atoms with van der Waals surface area (Å²) in [6, 6.07) is 9.40. The molecule has 9 nitrogen and oxygen atoms in total. The van der Waals surface area contributed by atoms with E-state index >= 15 is 0 Å². The summed E-state index contributed by atoms with van der Waals surface area (Å²) in [4.78, 5) is 45.3. The molecule has 3 rings (SSSR count). The van der Waals surface area contributed by atoms with Gasteiger partial charge in [-0.15, -0.1) is 11.3 Å². The quantitative estimate of drug-likeness (QED) is 0.205. The molecule has 0 unspecified atom stereocenters. The van der Waals surface area contributed by atoms with Gasteiger partial charge in [-0.3, -0.25) is 19.7 Å². The van der Waals surface area contributed by atoms with Gasteiger partial charge >= 0.3 is 0 Å². The number of non-ortho nitro benzene ring substituents is 1. The Morgan fingerprint density at radius 1 is 1.16 bits per heavy atom. The van der Waals surface area contributed by atoms with Crippen molar-refractivity contribution in [2.45, 2.75) is 12.8 Å². The van der Waals surface area contributed by atoms with Crippen LogP contribution < -0.4 is 4.74 Å². The zero-order valence-electron chi connectivity index (χ0n) is 16.8. The predicted octanol–water partition coefficient (Wildman–Crippen LogP) is 3.41. The van der Waals surface area contributed by atoms with Crippen molar-refractivity contribution in [1.82, 2.24) is 14.9 Å². The lowest BCUT2D eigenvalue weighted by atomic mass is 10.2. The van der Waals surface area contributed by atoms with Crippen LogP contribution in [0.3, 0.4) is 0 Å². The highest BCUT2D eigenvalue weighted by Crippen LogP contribution is 2.17. The normalized spacial score (nSPS) is 10.5. The maximum absolute atomic E-state index is 12.5. The number of rotatable bonds is 10. The fourth-order valence-corrected chi connectivity index (χ4v) is 3.37. The molecule has 2 aromatic heterocycles. The molecule has 3 aromatic rings. The average Bonchev–Trinajstić information content (AvgIpc) is 3.32. The van der Waals surface area contributed by atoms with Gasteiger partial charge in [0.15, 0.2) is 5.78 Å². The molecule has 0 fully saturated rings. The lowest BCUT2D eigenvalue weighted by molar-refractivity contribution is -0.384. The summed E-state index contributed by atoms with van der Waals surface area (Å²) in [5.41, 5.74) is 0.341. The number of nitro groups is 1. The Labute approximate surface area is 182 Å². The average molecular weight is 440 g/mol. The molecule has 31 heavy (non-hydrogen) atoms. The minimum Gasteiger partial charge on any atom is -0.494 e.